The van der Waals surface area contributed by atoms with Crippen LogP contribution in [0.1, 0.15) is 40.0 Å². The Bertz CT molecular complexity index is 251. The van der Waals surface area contributed by atoms with Crippen LogP contribution in [0.25, 0.3) is 0 Å². The van der Waals surface area contributed by atoms with Gasteiger partial charge in [-0.3, -0.25) is 0 Å². The van der Waals surface area contributed by atoms with Crippen LogP contribution in [0, 0.1) is 11.3 Å². The highest BCUT2D eigenvalue weighted by molar-refractivity contribution is 4.88. The second-order valence-electron chi connectivity index (χ2n) is 7.10. The van der Waals surface area contributed by atoms with Crippen LogP contribution >= 0.6 is 0 Å². The first-order valence-electron chi connectivity index (χ1n) is 8.29. The highest BCUT2D eigenvalue weighted by Gasteiger charge is 2.33. The van der Waals surface area contributed by atoms with Gasteiger partial charge in [0.05, 0.1) is 0 Å². The standard InChI is InChI=1S/C16H33N3/c1-4-16(6-5-7-17-13-16)14-19-10-8-18(9-11-19)12-15(2)3/h15,17H,4-14H2,1-3H3. The number of piperidine rings is 1. The predicted molar refractivity (Wildman–Crippen MR) is 82.5 cm³/mol. The van der Waals surface area contributed by atoms with Crippen molar-refractivity contribution in [1.29, 1.82) is 0 Å². The van der Waals surface area contributed by atoms with E-state index >= 15 is 0 Å². The molecule has 0 aromatic rings. The van der Waals surface area contributed by atoms with Gasteiger partial charge in [0.15, 0.2) is 0 Å². The number of hydrogen-bond acceptors (Lipinski definition) is 3. The van der Waals surface area contributed by atoms with Crippen LogP contribution in [-0.4, -0.2) is 62.2 Å². The van der Waals surface area contributed by atoms with Crippen molar-refractivity contribution in [3.05, 3.63) is 0 Å². The molecule has 3 heteroatoms. The van der Waals surface area contributed by atoms with E-state index in [1.54, 1.807) is 0 Å². The van der Waals surface area contributed by atoms with Gasteiger partial charge in [-0.15, -0.1) is 0 Å². The first kappa shape index (κ1) is 15.3. The van der Waals surface area contributed by atoms with Gasteiger partial charge in [-0.05, 0) is 37.1 Å². The summed E-state index contributed by atoms with van der Waals surface area (Å²) < 4.78 is 0. The van der Waals surface area contributed by atoms with Crippen LogP contribution in [0.5, 0.6) is 0 Å². The third kappa shape index (κ3) is 4.44. The predicted octanol–water partition coefficient (Wildman–Crippen LogP) is 2.04. The molecule has 1 atom stereocenters. The van der Waals surface area contributed by atoms with Crippen molar-refractivity contribution >= 4 is 0 Å². The minimum absolute atomic E-state index is 0.554. The molecule has 2 rings (SSSR count). The summed E-state index contributed by atoms with van der Waals surface area (Å²) in [4.78, 5) is 5.35. The van der Waals surface area contributed by atoms with E-state index in [1.807, 2.05) is 0 Å². The Morgan fingerprint density at radius 3 is 2.32 bits per heavy atom. The highest BCUT2D eigenvalue weighted by Crippen LogP contribution is 2.31. The van der Waals surface area contributed by atoms with E-state index < -0.39 is 0 Å². The summed E-state index contributed by atoms with van der Waals surface area (Å²) in [6.45, 7) is 17.2. The number of nitrogens with zero attached hydrogens (tertiary/aromatic N) is 2. The van der Waals surface area contributed by atoms with Gasteiger partial charge in [0, 0.05) is 45.8 Å². The summed E-state index contributed by atoms with van der Waals surface area (Å²) in [5, 5.41) is 3.61. The van der Waals surface area contributed by atoms with Crippen molar-refractivity contribution in [1.82, 2.24) is 15.1 Å². The summed E-state index contributed by atoms with van der Waals surface area (Å²) in [5.41, 5.74) is 0.554. The van der Waals surface area contributed by atoms with Crippen LogP contribution in [0.15, 0.2) is 0 Å². The first-order valence-corrected chi connectivity index (χ1v) is 8.29. The van der Waals surface area contributed by atoms with E-state index in [0.29, 0.717) is 5.41 Å². The zero-order chi connectivity index (χ0) is 13.7. The van der Waals surface area contributed by atoms with Gasteiger partial charge in [-0.1, -0.05) is 20.8 Å². The van der Waals surface area contributed by atoms with Crippen molar-refractivity contribution in [3.8, 4) is 0 Å². The second kappa shape index (κ2) is 7.05. The third-order valence-electron chi connectivity index (χ3n) is 4.96. The molecule has 2 saturated heterocycles. The molecule has 19 heavy (non-hydrogen) atoms. The van der Waals surface area contributed by atoms with Crippen LogP contribution in [-0.2, 0) is 0 Å². The monoisotopic (exact) mass is 267 g/mol. The van der Waals surface area contributed by atoms with Crippen LogP contribution in [0.4, 0.5) is 0 Å². The molecule has 0 aliphatic carbocycles. The second-order valence-corrected chi connectivity index (χ2v) is 7.10. The molecule has 2 aliphatic rings. The van der Waals surface area contributed by atoms with E-state index in [9.17, 15) is 0 Å². The van der Waals surface area contributed by atoms with E-state index in [-0.39, 0.29) is 0 Å². The Morgan fingerprint density at radius 2 is 1.79 bits per heavy atom. The van der Waals surface area contributed by atoms with E-state index in [4.69, 9.17) is 0 Å². The largest absolute Gasteiger partial charge is 0.316 e. The Balaban J connectivity index is 1.77. The topological polar surface area (TPSA) is 18.5 Å². The number of piperazine rings is 1. The van der Waals surface area contributed by atoms with Crippen molar-refractivity contribution < 1.29 is 0 Å². The Morgan fingerprint density at radius 1 is 1.11 bits per heavy atom. The fraction of sp³-hybridized carbons (Fsp3) is 1.00. The quantitative estimate of drug-likeness (QED) is 0.822. The molecule has 2 fully saturated rings. The fourth-order valence-electron chi connectivity index (χ4n) is 3.70. The van der Waals surface area contributed by atoms with E-state index in [0.717, 1.165) is 5.92 Å². The van der Waals surface area contributed by atoms with Crippen molar-refractivity contribution in [2.24, 2.45) is 11.3 Å². The summed E-state index contributed by atoms with van der Waals surface area (Å²) in [6.07, 6.45) is 4.11. The molecule has 3 nitrogen and oxygen atoms in total. The highest BCUT2D eigenvalue weighted by atomic mass is 15.3. The third-order valence-corrected chi connectivity index (χ3v) is 4.96. The smallest absolute Gasteiger partial charge is 0.0110 e. The fourth-order valence-corrected chi connectivity index (χ4v) is 3.70. The van der Waals surface area contributed by atoms with Crippen LogP contribution in [0.3, 0.4) is 0 Å². The average molecular weight is 267 g/mol. The molecule has 0 aromatic carbocycles. The van der Waals surface area contributed by atoms with Crippen molar-refractivity contribution in [3.63, 3.8) is 0 Å². The lowest BCUT2D eigenvalue weighted by atomic mass is 9.78. The average Bonchev–Trinajstić information content (AvgIpc) is 2.41. The molecule has 2 heterocycles. The van der Waals surface area contributed by atoms with E-state index in [1.165, 1.54) is 71.6 Å². The maximum absolute atomic E-state index is 3.61. The van der Waals surface area contributed by atoms with E-state index in [2.05, 4.69) is 35.9 Å². The van der Waals surface area contributed by atoms with Crippen LogP contribution < -0.4 is 5.32 Å². The Labute approximate surface area is 119 Å². The minimum atomic E-state index is 0.554. The molecule has 0 saturated carbocycles. The SMILES string of the molecule is CCC1(CN2CCN(CC(C)C)CC2)CCCNC1. The lowest BCUT2D eigenvalue weighted by molar-refractivity contribution is 0.0634. The summed E-state index contributed by atoms with van der Waals surface area (Å²) in [7, 11) is 0. The maximum atomic E-state index is 3.61. The van der Waals surface area contributed by atoms with Gasteiger partial charge in [-0.2, -0.15) is 0 Å². The Kier molecular flexibility index (Phi) is 5.67. The zero-order valence-electron chi connectivity index (χ0n) is 13.2. The number of hydrogen-bond donors (Lipinski definition) is 1. The molecular weight excluding hydrogens is 234 g/mol. The number of rotatable bonds is 5. The van der Waals surface area contributed by atoms with Gasteiger partial charge >= 0.3 is 0 Å². The molecule has 0 amide bonds. The van der Waals surface area contributed by atoms with Gasteiger partial charge in [-0.25, -0.2) is 0 Å². The molecule has 0 radical (unpaired) electrons. The first-order chi connectivity index (χ1) is 9.13. The maximum Gasteiger partial charge on any atom is 0.0110 e. The zero-order valence-corrected chi connectivity index (χ0v) is 13.2. The normalized spacial score (nSPS) is 30.9. The van der Waals surface area contributed by atoms with Crippen LogP contribution in [0.2, 0.25) is 0 Å². The summed E-state index contributed by atoms with van der Waals surface area (Å²) in [5.74, 6) is 0.802. The van der Waals surface area contributed by atoms with Gasteiger partial charge in [0.2, 0.25) is 0 Å². The molecular formula is C16H33N3. The molecule has 1 unspecified atom stereocenters. The molecule has 0 spiro atoms. The lowest BCUT2D eigenvalue weighted by Gasteiger charge is -2.44. The van der Waals surface area contributed by atoms with Gasteiger partial charge in [0.25, 0.3) is 0 Å². The Hall–Kier alpha value is -0.120. The van der Waals surface area contributed by atoms with Crippen molar-refractivity contribution in [2.45, 2.75) is 40.0 Å². The summed E-state index contributed by atoms with van der Waals surface area (Å²) in [6, 6.07) is 0. The van der Waals surface area contributed by atoms with Gasteiger partial charge in [0.1, 0.15) is 0 Å². The molecule has 2 aliphatic heterocycles. The van der Waals surface area contributed by atoms with Gasteiger partial charge < -0.3 is 15.1 Å². The molecule has 1 N–H and O–H groups in total. The molecule has 112 valence electrons. The summed E-state index contributed by atoms with van der Waals surface area (Å²) >= 11 is 0. The molecule has 0 bridgehead atoms. The lowest BCUT2D eigenvalue weighted by Crippen LogP contribution is -2.53. The van der Waals surface area contributed by atoms with Crippen molar-refractivity contribution in [2.75, 3.05) is 52.4 Å². The minimum Gasteiger partial charge on any atom is -0.316 e. The molecule has 0 aromatic heterocycles. The number of nitrogens with one attached hydrogen (secondary N) is 1.